The van der Waals surface area contributed by atoms with Crippen molar-refractivity contribution in [3.05, 3.63) is 76.7 Å². The molecule has 4 aromatic rings. The molecule has 0 unspecified atom stereocenters. The van der Waals surface area contributed by atoms with Gasteiger partial charge in [0.05, 0.1) is 11.2 Å². The van der Waals surface area contributed by atoms with Crippen molar-refractivity contribution in [3.63, 3.8) is 0 Å². The number of benzene rings is 2. The molecule has 0 aliphatic rings. The van der Waals surface area contributed by atoms with Crippen molar-refractivity contribution in [3.8, 4) is 11.3 Å². The Hall–Kier alpha value is -3.75. The third-order valence-corrected chi connectivity index (χ3v) is 3.91. The van der Waals surface area contributed by atoms with Gasteiger partial charge in [-0.15, -0.1) is 0 Å². The first-order valence-electron chi connectivity index (χ1n) is 8.18. The number of H-pyrrole nitrogens is 1. The summed E-state index contributed by atoms with van der Waals surface area (Å²) in [6, 6.07) is 16.9. The maximum atomic E-state index is 12.9. The van der Waals surface area contributed by atoms with Crippen LogP contribution in [-0.2, 0) is 6.18 Å². The van der Waals surface area contributed by atoms with E-state index in [0.717, 1.165) is 10.9 Å². The minimum Gasteiger partial charge on any atom is -0.294 e. The van der Waals surface area contributed by atoms with Crippen molar-refractivity contribution in [2.24, 2.45) is 0 Å². The number of alkyl halides is 3. The highest BCUT2D eigenvalue weighted by molar-refractivity contribution is 5.93. The lowest BCUT2D eigenvalue weighted by Crippen LogP contribution is -2.18. The molecule has 0 spiro atoms. The summed E-state index contributed by atoms with van der Waals surface area (Å²) < 4.78 is 38.7. The summed E-state index contributed by atoms with van der Waals surface area (Å²) in [6.07, 6.45) is -4.75. The quantitative estimate of drug-likeness (QED) is 0.556. The van der Waals surface area contributed by atoms with Gasteiger partial charge in [0.1, 0.15) is 0 Å². The number of halogens is 3. The van der Waals surface area contributed by atoms with Gasteiger partial charge in [-0.05, 0) is 6.07 Å². The van der Waals surface area contributed by atoms with Gasteiger partial charge in [0.2, 0.25) is 11.9 Å². The number of aromatic amines is 1. The molecule has 6 nitrogen and oxygen atoms in total. The first kappa shape index (κ1) is 17.7. The SMILES string of the molecule is O=c1cc(C(F)(F)F)nc(Nc2nc(-c3ccccc3)c3ccccc3n2)[nH]1. The Morgan fingerprint density at radius 1 is 0.893 bits per heavy atom. The van der Waals surface area contributed by atoms with Crippen LogP contribution in [0.1, 0.15) is 5.69 Å². The molecule has 0 saturated heterocycles. The van der Waals surface area contributed by atoms with Crippen molar-refractivity contribution in [2.75, 3.05) is 5.32 Å². The van der Waals surface area contributed by atoms with Crippen LogP contribution in [0, 0.1) is 0 Å². The van der Waals surface area contributed by atoms with Crippen molar-refractivity contribution in [1.82, 2.24) is 19.9 Å². The van der Waals surface area contributed by atoms with Crippen LogP contribution >= 0.6 is 0 Å². The zero-order chi connectivity index (χ0) is 19.7. The van der Waals surface area contributed by atoms with Gasteiger partial charge < -0.3 is 0 Å². The maximum absolute atomic E-state index is 12.9. The molecule has 0 atom stereocenters. The molecular weight excluding hydrogens is 371 g/mol. The van der Waals surface area contributed by atoms with Crippen LogP contribution in [0.3, 0.4) is 0 Å². The number of nitrogens with one attached hydrogen (secondary N) is 2. The molecular formula is C19H12F3N5O. The summed E-state index contributed by atoms with van der Waals surface area (Å²) in [7, 11) is 0. The van der Waals surface area contributed by atoms with E-state index in [-0.39, 0.29) is 5.95 Å². The zero-order valence-electron chi connectivity index (χ0n) is 14.2. The molecule has 2 N–H and O–H groups in total. The molecule has 2 aromatic heterocycles. The predicted molar refractivity (Wildman–Crippen MR) is 98.1 cm³/mol. The van der Waals surface area contributed by atoms with E-state index < -0.39 is 23.4 Å². The van der Waals surface area contributed by atoms with Gasteiger partial charge in [-0.1, -0.05) is 48.5 Å². The van der Waals surface area contributed by atoms with E-state index in [1.807, 2.05) is 42.5 Å². The Morgan fingerprint density at radius 2 is 1.61 bits per heavy atom. The third kappa shape index (κ3) is 3.54. The monoisotopic (exact) mass is 383 g/mol. The van der Waals surface area contributed by atoms with E-state index in [1.165, 1.54) is 0 Å². The number of para-hydroxylation sites is 1. The molecule has 0 radical (unpaired) electrons. The first-order valence-corrected chi connectivity index (χ1v) is 8.18. The van der Waals surface area contributed by atoms with Gasteiger partial charge in [0, 0.05) is 17.0 Å². The average Bonchev–Trinajstić information content (AvgIpc) is 2.67. The highest BCUT2D eigenvalue weighted by Crippen LogP contribution is 2.29. The fraction of sp³-hybridized carbons (Fsp3) is 0.0526. The van der Waals surface area contributed by atoms with Crippen molar-refractivity contribution < 1.29 is 13.2 Å². The topological polar surface area (TPSA) is 83.6 Å². The molecule has 0 fully saturated rings. The minimum absolute atomic E-state index is 0.0139. The number of hydrogen-bond acceptors (Lipinski definition) is 5. The normalized spacial score (nSPS) is 11.5. The molecule has 2 heterocycles. The lowest BCUT2D eigenvalue weighted by molar-refractivity contribution is -0.141. The second-order valence-corrected chi connectivity index (χ2v) is 5.88. The first-order chi connectivity index (χ1) is 13.4. The molecule has 0 aliphatic carbocycles. The smallest absolute Gasteiger partial charge is 0.294 e. The second-order valence-electron chi connectivity index (χ2n) is 5.88. The summed E-state index contributed by atoms with van der Waals surface area (Å²) >= 11 is 0. The van der Waals surface area contributed by atoms with Gasteiger partial charge in [-0.3, -0.25) is 15.1 Å². The molecule has 140 valence electrons. The Morgan fingerprint density at radius 3 is 2.36 bits per heavy atom. The Balaban J connectivity index is 1.83. The van der Waals surface area contributed by atoms with Crippen molar-refractivity contribution >= 4 is 22.8 Å². The third-order valence-electron chi connectivity index (χ3n) is 3.91. The Bertz CT molecular complexity index is 1210. The number of aromatic nitrogens is 4. The highest BCUT2D eigenvalue weighted by Gasteiger charge is 2.33. The van der Waals surface area contributed by atoms with Crippen LogP contribution in [-0.4, -0.2) is 19.9 Å². The summed E-state index contributed by atoms with van der Waals surface area (Å²) in [6.45, 7) is 0. The van der Waals surface area contributed by atoms with Crippen LogP contribution in [0.5, 0.6) is 0 Å². The molecule has 0 aliphatic heterocycles. The standard InChI is InChI=1S/C19H12F3N5O/c20-19(21,22)14-10-15(28)25-18(24-14)27-17-23-13-9-5-4-8-12(13)16(26-17)11-6-2-1-3-7-11/h1-10H,(H2,23,24,25,26,27,28). The highest BCUT2D eigenvalue weighted by atomic mass is 19.4. The summed E-state index contributed by atoms with van der Waals surface area (Å²) in [5, 5.41) is 3.35. The van der Waals surface area contributed by atoms with E-state index in [9.17, 15) is 18.0 Å². The molecule has 0 bridgehead atoms. The number of fused-ring (bicyclic) bond motifs is 1. The van der Waals surface area contributed by atoms with Crippen LogP contribution in [0.15, 0.2) is 65.5 Å². The number of hydrogen-bond donors (Lipinski definition) is 2. The van der Waals surface area contributed by atoms with Gasteiger partial charge in [-0.2, -0.15) is 13.2 Å². The second kappa shape index (κ2) is 6.76. The van der Waals surface area contributed by atoms with Crippen LogP contribution in [0.25, 0.3) is 22.2 Å². The van der Waals surface area contributed by atoms with Crippen LogP contribution < -0.4 is 10.9 Å². The number of anilines is 2. The zero-order valence-corrected chi connectivity index (χ0v) is 14.2. The van der Waals surface area contributed by atoms with Gasteiger partial charge in [-0.25, -0.2) is 15.0 Å². The summed E-state index contributed by atoms with van der Waals surface area (Å²) in [5.74, 6) is -0.380. The molecule has 4 rings (SSSR count). The van der Waals surface area contributed by atoms with Gasteiger partial charge in [0.15, 0.2) is 5.69 Å². The molecule has 28 heavy (non-hydrogen) atoms. The summed E-state index contributed by atoms with van der Waals surface area (Å²) in [4.78, 5) is 25.9. The fourth-order valence-corrected chi connectivity index (χ4v) is 2.72. The molecule has 0 amide bonds. The van der Waals surface area contributed by atoms with Gasteiger partial charge in [0.25, 0.3) is 5.56 Å². The lowest BCUT2D eigenvalue weighted by atomic mass is 10.1. The molecule has 9 heteroatoms. The van der Waals surface area contributed by atoms with E-state index in [0.29, 0.717) is 17.3 Å². The summed E-state index contributed by atoms with van der Waals surface area (Å²) in [5.41, 5.74) is -0.234. The maximum Gasteiger partial charge on any atom is 0.433 e. The number of rotatable bonds is 3. The van der Waals surface area contributed by atoms with E-state index >= 15 is 0 Å². The predicted octanol–water partition coefficient (Wildman–Crippen LogP) is 4.14. The van der Waals surface area contributed by atoms with E-state index in [1.54, 1.807) is 12.1 Å². The van der Waals surface area contributed by atoms with Crippen molar-refractivity contribution in [2.45, 2.75) is 6.18 Å². The van der Waals surface area contributed by atoms with E-state index in [2.05, 4.69) is 25.3 Å². The van der Waals surface area contributed by atoms with Crippen LogP contribution in [0.4, 0.5) is 25.1 Å². The van der Waals surface area contributed by atoms with E-state index in [4.69, 9.17) is 0 Å². The van der Waals surface area contributed by atoms with Crippen LogP contribution in [0.2, 0.25) is 0 Å². The lowest BCUT2D eigenvalue weighted by Gasteiger charge is -2.11. The molecule has 2 aromatic carbocycles. The largest absolute Gasteiger partial charge is 0.433 e. The van der Waals surface area contributed by atoms with Gasteiger partial charge >= 0.3 is 6.18 Å². The average molecular weight is 383 g/mol. The Labute approximate surface area is 156 Å². The minimum atomic E-state index is -4.75. The number of nitrogens with zero attached hydrogens (tertiary/aromatic N) is 3. The molecule has 0 saturated carbocycles. The fourth-order valence-electron chi connectivity index (χ4n) is 2.72. The van der Waals surface area contributed by atoms with Crippen molar-refractivity contribution in [1.29, 1.82) is 0 Å². The Kier molecular flexibility index (Phi) is 4.26.